The molecule has 0 unspecified atom stereocenters. The number of hydrogen-bond acceptors (Lipinski definition) is 1. The average Bonchev–Trinajstić information content (AvgIpc) is 2.63. The Balaban J connectivity index is 2.45. The molecule has 2 aromatic heterocycles. The van der Waals surface area contributed by atoms with Crippen molar-refractivity contribution in [3.8, 4) is 0 Å². The highest BCUT2D eigenvalue weighted by molar-refractivity contribution is 9.10. The summed E-state index contributed by atoms with van der Waals surface area (Å²) in [5.41, 5.74) is 1.23. The highest BCUT2D eigenvalue weighted by Crippen LogP contribution is 2.35. The van der Waals surface area contributed by atoms with Crippen LogP contribution in [0.3, 0.4) is 0 Å². The quantitative estimate of drug-likeness (QED) is 0.583. The highest BCUT2D eigenvalue weighted by Gasteiger charge is 2.30. The van der Waals surface area contributed by atoms with E-state index in [0.717, 1.165) is 9.04 Å². The average molecular weight is 364 g/mol. The van der Waals surface area contributed by atoms with E-state index in [4.69, 9.17) is 11.6 Å². The summed E-state index contributed by atoms with van der Waals surface area (Å²) in [5.74, 6) is 0. The van der Waals surface area contributed by atoms with Gasteiger partial charge in [0, 0.05) is 16.1 Å². The molecule has 3 rings (SSSR count). The number of nitrogens with zero attached hydrogens (tertiary/aromatic N) is 2. The normalized spacial score (nSPS) is 12.4. The summed E-state index contributed by atoms with van der Waals surface area (Å²) in [6, 6.07) is 6.56. The van der Waals surface area contributed by atoms with Gasteiger partial charge in [-0.3, -0.25) is 4.98 Å². The van der Waals surface area contributed by atoms with Crippen molar-refractivity contribution < 1.29 is 13.2 Å². The lowest BCUT2D eigenvalue weighted by atomic mass is 10.2. The summed E-state index contributed by atoms with van der Waals surface area (Å²) in [6.45, 7) is -1.10. The minimum atomic E-state index is -4.33. The Morgan fingerprint density at radius 3 is 2.70 bits per heavy atom. The molecule has 104 valence electrons. The zero-order valence-corrected chi connectivity index (χ0v) is 12.2. The van der Waals surface area contributed by atoms with Gasteiger partial charge in [0.25, 0.3) is 0 Å². The van der Waals surface area contributed by atoms with E-state index < -0.39 is 12.7 Å². The fourth-order valence-corrected chi connectivity index (χ4v) is 2.89. The molecular formula is C13H7BrClF3N2. The lowest BCUT2D eigenvalue weighted by Crippen LogP contribution is -2.17. The molecule has 0 aliphatic rings. The summed E-state index contributed by atoms with van der Waals surface area (Å²) in [7, 11) is 0. The van der Waals surface area contributed by atoms with Crippen LogP contribution in [0.1, 0.15) is 0 Å². The molecule has 0 fully saturated rings. The predicted molar refractivity (Wildman–Crippen MR) is 76.0 cm³/mol. The van der Waals surface area contributed by atoms with Crippen LogP contribution in [0.4, 0.5) is 13.2 Å². The first-order valence-corrected chi connectivity index (χ1v) is 6.82. The third kappa shape index (κ3) is 2.27. The molecular weight excluding hydrogens is 357 g/mol. The third-order valence-electron chi connectivity index (χ3n) is 2.99. The van der Waals surface area contributed by atoms with E-state index in [9.17, 15) is 13.2 Å². The molecule has 2 heterocycles. The summed E-state index contributed by atoms with van der Waals surface area (Å²) < 4.78 is 40.3. The molecule has 0 saturated heterocycles. The van der Waals surface area contributed by atoms with E-state index >= 15 is 0 Å². The molecule has 2 nitrogen and oxygen atoms in total. The fourth-order valence-electron chi connectivity index (χ4n) is 2.28. The Labute approximate surface area is 125 Å². The van der Waals surface area contributed by atoms with Gasteiger partial charge in [0.15, 0.2) is 0 Å². The summed E-state index contributed by atoms with van der Waals surface area (Å²) >= 11 is 9.38. The van der Waals surface area contributed by atoms with Crippen LogP contribution < -0.4 is 0 Å². The molecule has 0 spiro atoms. The summed E-state index contributed by atoms with van der Waals surface area (Å²) in [6.07, 6.45) is -2.84. The van der Waals surface area contributed by atoms with E-state index in [0.29, 0.717) is 21.9 Å². The van der Waals surface area contributed by atoms with Gasteiger partial charge < -0.3 is 4.57 Å². The maximum Gasteiger partial charge on any atom is 0.406 e. The topological polar surface area (TPSA) is 17.8 Å². The van der Waals surface area contributed by atoms with Crippen LogP contribution in [0.15, 0.2) is 34.9 Å². The van der Waals surface area contributed by atoms with Crippen molar-refractivity contribution in [2.45, 2.75) is 12.7 Å². The first-order chi connectivity index (χ1) is 9.37. The van der Waals surface area contributed by atoms with Crippen molar-refractivity contribution in [1.29, 1.82) is 0 Å². The maximum absolute atomic E-state index is 12.8. The van der Waals surface area contributed by atoms with Gasteiger partial charge in [0.1, 0.15) is 6.54 Å². The minimum absolute atomic E-state index is 0.256. The van der Waals surface area contributed by atoms with Gasteiger partial charge in [-0.2, -0.15) is 13.2 Å². The van der Waals surface area contributed by atoms with Gasteiger partial charge in [-0.25, -0.2) is 0 Å². The molecule has 0 atom stereocenters. The Hall–Kier alpha value is -1.27. The number of benzene rings is 1. The Morgan fingerprint density at radius 2 is 2.00 bits per heavy atom. The number of aromatic nitrogens is 2. The predicted octanol–water partition coefficient (Wildman–Crippen LogP) is 5.17. The lowest BCUT2D eigenvalue weighted by molar-refractivity contribution is -0.139. The van der Waals surface area contributed by atoms with Gasteiger partial charge >= 0.3 is 6.18 Å². The van der Waals surface area contributed by atoms with Crippen LogP contribution in [-0.4, -0.2) is 15.7 Å². The number of hydrogen-bond donors (Lipinski definition) is 0. The third-order valence-corrected chi connectivity index (χ3v) is 3.79. The highest BCUT2D eigenvalue weighted by atomic mass is 79.9. The second kappa shape index (κ2) is 4.63. The van der Waals surface area contributed by atoms with Gasteiger partial charge in [-0.15, -0.1) is 0 Å². The van der Waals surface area contributed by atoms with E-state index in [-0.39, 0.29) is 5.02 Å². The SMILES string of the molecule is FC(F)(F)Cn1c2ccc(Br)cc2c2nccc(Cl)c21. The van der Waals surface area contributed by atoms with Crippen molar-refractivity contribution >= 4 is 49.5 Å². The smallest absolute Gasteiger partial charge is 0.329 e. The van der Waals surface area contributed by atoms with Crippen molar-refractivity contribution in [2.75, 3.05) is 0 Å². The van der Waals surface area contributed by atoms with Crippen LogP contribution >= 0.6 is 27.5 Å². The van der Waals surface area contributed by atoms with Crippen LogP contribution in [-0.2, 0) is 6.54 Å². The number of rotatable bonds is 1. The Bertz CT molecular complexity index is 811. The Kier molecular flexibility index (Phi) is 3.17. The number of pyridine rings is 1. The van der Waals surface area contributed by atoms with Crippen molar-refractivity contribution in [1.82, 2.24) is 9.55 Å². The second-order valence-corrected chi connectivity index (χ2v) is 5.68. The zero-order valence-electron chi connectivity index (χ0n) is 9.88. The van der Waals surface area contributed by atoms with Crippen LogP contribution in [0.5, 0.6) is 0 Å². The molecule has 0 amide bonds. The van der Waals surface area contributed by atoms with E-state index in [2.05, 4.69) is 20.9 Å². The molecule has 7 heteroatoms. The van der Waals surface area contributed by atoms with Gasteiger partial charge in [-0.05, 0) is 24.3 Å². The van der Waals surface area contributed by atoms with E-state index in [1.807, 2.05) is 0 Å². The van der Waals surface area contributed by atoms with Crippen LogP contribution in [0, 0.1) is 0 Å². The van der Waals surface area contributed by atoms with Gasteiger partial charge in [-0.1, -0.05) is 27.5 Å². The second-order valence-electron chi connectivity index (χ2n) is 4.35. The lowest BCUT2D eigenvalue weighted by Gasteiger charge is -2.11. The molecule has 0 N–H and O–H groups in total. The van der Waals surface area contributed by atoms with Crippen molar-refractivity contribution in [3.63, 3.8) is 0 Å². The molecule has 0 aliphatic heterocycles. The fraction of sp³-hybridized carbons (Fsp3) is 0.154. The standard InChI is InChI=1S/C13H7BrClF3N2/c14-7-1-2-10-8(5-7)11-12(9(15)3-4-19-11)20(10)6-13(16,17)18/h1-5H,6H2. The number of halogens is 5. The zero-order chi connectivity index (χ0) is 14.5. The van der Waals surface area contributed by atoms with E-state index in [1.54, 1.807) is 18.2 Å². The molecule has 20 heavy (non-hydrogen) atoms. The number of alkyl halides is 3. The number of fused-ring (bicyclic) bond motifs is 3. The first kappa shape index (κ1) is 13.7. The van der Waals surface area contributed by atoms with Crippen LogP contribution in [0.25, 0.3) is 21.9 Å². The molecule has 3 aromatic rings. The summed E-state index contributed by atoms with van der Waals surface area (Å²) in [5, 5.41) is 0.896. The summed E-state index contributed by atoms with van der Waals surface area (Å²) in [4.78, 5) is 4.17. The largest absolute Gasteiger partial charge is 0.406 e. The monoisotopic (exact) mass is 362 g/mol. The molecule has 0 saturated carbocycles. The Morgan fingerprint density at radius 1 is 1.25 bits per heavy atom. The first-order valence-electron chi connectivity index (χ1n) is 5.65. The van der Waals surface area contributed by atoms with Gasteiger partial charge in [0.05, 0.1) is 21.6 Å². The van der Waals surface area contributed by atoms with Crippen molar-refractivity contribution in [3.05, 3.63) is 40.0 Å². The molecule has 0 radical (unpaired) electrons. The molecule has 0 bridgehead atoms. The molecule has 0 aliphatic carbocycles. The van der Waals surface area contributed by atoms with Crippen LogP contribution in [0.2, 0.25) is 5.02 Å². The maximum atomic E-state index is 12.8. The molecule has 1 aromatic carbocycles. The minimum Gasteiger partial charge on any atom is -0.329 e. The van der Waals surface area contributed by atoms with Crippen molar-refractivity contribution in [2.24, 2.45) is 0 Å². The van der Waals surface area contributed by atoms with E-state index in [1.165, 1.54) is 12.3 Å². The van der Waals surface area contributed by atoms with Gasteiger partial charge in [0.2, 0.25) is 0 Å².